The van der Waals surface area contributed by atoms with Gasteiger partial charge in [-0.1, -0.05) is 6.07 Å². The predicted octanol–water partition coefficient (Wildman–Crippen LogP) is 1.56. The van der Waals surface area contributed by atoms with E-state index < -0.39 is 5.97 Å². The molecule has 1 aliphatic heterocycles. The van der Waals surface area contributed by atoms with Gasteiger partial charge in [-0.2, -0.15) is 0 Å². The van der Waals surface area contributed by atoms with Gasteiger partial charge in [0.15, 0.2) is 0 Å². The zero-order chi connectivity index (χ0) is 13.7. The quantitative estimate of drug-likeness (QED) is 0.890. The lowest BCUT2D eigenvalue weighted by Gasteiger charge is -2.28. The first-order valence-electron chi connectivity index (χ1n) is 6.27. The van der Waals surface area contributed by atoms with Crippen molar-refractivity contribution in [2.24, 2.45) is 0 Å². The number of thiophene rings is 1. The highest BCUT2D eigenvalue weighted by Crippen LogP contribution is 2.28. The van der Waals surface area contributed by atoms with Crippen molar-refractivity contribution in [1.29, 1.82) is 0 Å². The summed E-state index contributed by atoms with van der Waals surface area (Å²) in [6.45, 7) is 2.33. The minimum Gasteiger partial charge on any atom is -0.481 e. The number of morpholine rings is 1. The van der Waals surface area contributed by atoms with E-state index in [9.17, 15) is 9.59 Å². The summed E-state index contributed by atoms with van der Waals surface area (Å²) in [4.78, 5) is 25.8. The molecule has 6 heteroatoms. The Hall–Kier alpha value is -1.40. The van der Waals surface area contributed by atoms with Gasteiger partial charge < -0.3 is 14.7 Å². The summed E-state index contributed by atoms with van der Waals surface area (Å²) < 4.78 is 5.21. The third kappa shape index (κ3) is 4.04. The van der Waals surface area contributed by atoms with Crippen molar-refractivity contribution >= 4 is 23.2 Å². The first-order valence-corrected chi connectivity index (χ1v) is 7.15. The molecule has 104 valence electrons. The molecule has 1 atom stereocenters. The van der Waals surface area contributed by atoms with Crippen LogP contribution in [-0.2, 0) is 14.3 Å². The Morgan fingerprint density at radius 2 is 2.11 bits per heavy atom. The lowest BCUT2D eigenvalue weighted by atomic mass is 9.98. The number of carboxylic acids is 1. The largest absolute Gasteiger partial charge is 0.481 e. The Bertz CT molecular complexity index is 426. The molecule has 1 aromatic heterocycles. The van der Waals surface area contributed by atoms with E-state index in [4.69, 9.17) is 9.84 Å². The van der Waals surface area contributed by atoms with Crippen LogP contribution in [0.3, 0.4) is 0 Å². The van der Waals surface area contributed by atoms with E-state index in [0.717, 1.165) is 4.88 Å². The number of ether oxygens (including phenoxy) is 1. The number of nitrogens with zero attached hydrogens (tertiary/aromatic N) is 1. The van der Waals surface area contributed by atoms with Crippen molar-refractivity contribution in [3.05, 3.63) is 22.4 Å². The Balaban J connectivity index is 1.99. The van der Waals surface area contributed by atoms with Crippen LogP contribution in [0, 0.1) is 0 Å². The average molecular weight is 283 g/mol. The lowest BCUT2D eigenvalue weighted by Crippen LogP contribution is -2.41. The Morgan fingerprint density at radius 3 is 2.68 bits per heavy atom. The summed E-state index contributed by atoms with van der Waals surface area (Å²) in [5.41, 5.74) is 0. The van der Waals surface area contributed by atoms with Gasteiger partial charge in [-0.05, 0) is 11.4 Å². The van der Waals surface area contributed by atoms with Crippen LogP contribution in [0.25, 0.3) is 0 Å². The molecule has 1 amide bonds. The zero-order valence-electron chi connectivity index (χ0n) is 10.6. The van der Waals surface area contributed by atoms with Crippen molar-refractivity contribution in [3.8, 4) is 0 Å². The molecule has 0 spiro atoms. The number of carboxylic acid groups (broad SMARTS) is 1. The number of hydrogen-bond acceptors (Lipinski definition) is 4. The Labute approximate surface area is 115 Å². The van der Waals surface area contributed by atoms with Crippen molar-refractivity contribution in [1.82, 2.24) is 4.90 Å². The van der Waals surface area contributed by atoms with Crippen molar-refractivity contribution in [2.75, 3.05) is 26.3 Å². The van der Waals surface area contributed by atoms with Gasteiger partial charge in [0.1, 0.15) is 0 Å². The van der Waals surface area contributed by atoms with E-state index in [2.05, 4.69) is 0 Å². The van der Waals surface area contributed by atoms with Gasteiger partial charge in [0.25, 0.3) is 0 Å². The van der Waals surface area contributed by atoms with Gasteiger partial charge in [-0.3, -0.25) is 9.59 Å². The second-order valence-electron chi connectivity index (χ2n) is 4.51. The number of hydrogen-bond donors (Lipinski definition) is 1. The fourth-order valence-corrected chi connectivity index (χ4v) is 2.99. The molecule has 19 heavy (non-hydrogen) atoms. The number of carbonyl (C=O) groups excluding carboxylic acids is 1. The summed E-state index contributed by atoms with van der Waals surface area (Å²) >= 11 is 1.50. The molecule has 1 saturated heterocycles. The van der Waals surface area contributed by atoms with Crippen LogP contribution in [0.4, 0.5) is 0 Å². The minimum atomic E-state index is -0.867. The third-order valence-corrected chi connectivity index (χ3v) is 4.19. The normalized spacial score (nSPS) is 17.2. The first-order chi connectivity index (χ1) is 9.16. The molecule has 0 radical (unpaired) electrons. The lowest BCUT2D eigenvalue weighted by molar-refractivity contribution is -0.138. The average Bonchev–Trinajstić information content (AvgIpc) is 2.92. The van der Waals surface area contributed by atoms with E-state index in [1.54, 1.807) is 4.90 Å². The van der Waals surface area contributed by atoms with Gasteiger partial charge in [0.2, 0.25) is 5.91 Å². The maximum atomic E-state index is 12.2. The standard InChI is InChI=1S/C13H17NO4S/c15-12(14-3-5-18-6-4-14)8-10(9-13(16)17)11-2-1-7-19-11/h1-2,7,10H,3-6,8-9H2,(H,16,17). The first kappa shape index (κ1) is 14.0. The summed E-state index contributed by atoms with van der Waals surface area (Å²) in [5, 5.41) is 10.9. The van der Waals surface area contributed by atoms with Crippen LogP contribution in [0.5, 0.6) is 0 Å². The smallest absolute Gasteiger partial charge is 0.304 e. The van der Waals surface area contributed by atoms with Crippen molar-refractivity contribution in [3.63, 3.8) is 0 Å². The minimum absolute atomic E-state index is 0.00338. The maximum absolute atomic E-state index is 12.2. The van der Waals surface area contributed by atoms with Gasteiger partial charge in [-0.15, -0.1) is 11.3 Å². The van der Waals surface area contributed by atoms with Crippen LogP contribution in [0.2, 0.25) is 0 Å². The number of amides is 1. The van der Waals surface area contributed by atoms with E-state index in [-0.39, 0.29) is 24.7 Å². The predicted molar refractivity (Wildman–Crippen MR) is 71.3 cm³/mol. The summed E-state index contributed by atoms with van der Waals surface area (Å²) in [7, 11) is 0. The highest BCUT2D eigenvalue weighted by Gasteiger charge is 2.24. The maximum Gasteiger partial charge on any atom is 0.304 e. The summed E-state index contributed by atoms with van der Waals surface area (Å²) in [6.07, 6.45) is 0.253. The van der Waals surface area contributed by atoms with Crippen LogP contribution in [0.1, 0.15) is 23.6 Å². The molecular formula is C13H17NO4S. The van der Waals surface area contributed by atoms with Crippen LogP contribution in [0.15, 0.2) is 17.5 Å². The summed E-state index contributed by atoms with van der Waals surface area (Å²) in [5.74, 6) is -1.08. The summed E-state index contributed by atoms with van der Waals surface area (Å²) in [6, 6.07) is 3.78. The molecule has 1 aliphatic rings. The molecule has 5 nitrogen and oxygen atoms in total. The molecule has 0 saturated carbocycles. The van der Waals surface area contributed by atoms with E-state index in [1.807, 2.05) is 17.5 Å². The monoisotopic (exact) mass is 283 g/mol. The van der Waals surface area contributed by atoms with E-state index in [1.165, 1.54) is 11.3 Å². The second-order valence-corrected chi connectivity index (χ2v) is 5.49. The molecule has 0 bridgehead atoms. The van der Waals surface area contributed by atoms with E-state index in [0.29, 0.717) is 26.3 Å². The van der Waals surface area contributed by atoms with E-state index >= 15 is 0 Å². The van der Waals surface area contributed by atoms with Crippen molar-refractivity contribution < 1.29 is 19.4 Å². The van der Waals surface area contributed by atoms with Crippen molar-refractivity contribution in [2.45, 2.75) is 18.8 Å². The molecular weight excluding hydrogens is 266 g/mol. The SMILES string of the molecule is O=C(O)CC(CC(=O)N1CCOCC1)c1cccs1. The van der Waals surface area contributed by atoms with Gasteiger partial charge >= 0.3 is 5.97 Å². The molecule has 1 aromatic rings. The zero-order valence-corrected chi connectivity index (χ0v) is 11.4. The molecule has 0 aliphatic carbocycles. The second kappa shape index (κ2) is 6.68. The molecule has 0 aromatic carbocycles. The Kier molecular flexibility index (Phi) is 4.93. The van der Waals surface area contributed by atoms with Crippen LogP contribution < -0.4 is 0 Å². The van der Waals surface area contributed by atoms with Gasteiger partial charge in [0, 0.05) is 30.3 Å². The molecule has 1 unspecified atom stereocenters. The number of rotatable bonds is 5. The highest BCUT2D eigenvalue weighted by atomic mass is 32.1. The van der Waals surface area contributed by atoms with Crippen LogP contribution >= 0.6 is 11.3 Å². The molecule has 2 rings (SSSR count). The number of carbonyl (C=O) groups is 2. The Morgan fingerprint density at radius 1 is 1.37 bits per heavy atom. The molecule has 1 fully saturated rings. The van der Waals surface area contributed by atoms with Gasteiger partial charge in [-0.25, -0.2) is 0 Å². The molecule has 1 N–H and O–H groups in total. The topological polar surface area (TPSA) is 66.8 Å². The fraction of sp³-hybridized carbons (Fsp3) is 0.538. The van der Waals surface area contributed by atoms with Gasteiger partial charge in [0.05, 0.1) is 19.6 Å². The fourth-order valence-electron chi connectivity index (χ4n) is 2.16. The molecule has 2 heterocycles. The van der Waals surface area contributed by atoms with Crippen LogP contribution in [-0.4, -0.2) is 48.2 Å². The third-order valence-electron chi connectivity index (χ3n) is 3.15. The highest BCUT2D eigenvalue weighted by molar-refractivity contribution is 7.10. The number of aliphatic carboxylic acids is 1.